The zero-order chi connectivity index (χ0) is 19.3. The monoisotopic (exact) mass is 373 g/mol. The Bertz CT molecular complexity index is 683. The van der Waals surface area contributed by atoms with Crippen molar-refractivity contribution in [2.45, 2.75) is 30.7 Å². The molecule has 1 fully saturated rings. The van der Waals surface area contributed by atoms with Gasteiger partial charge in [0.2, 0.25) is 5.91 Å². The van der Waals surface area contributed by atoms with Crippen molar-refractivity contribution in [3.8, 4) is 0 Å². The van der Waals surface area contributed by atoms with E-state index < -0.39 is 0 Å². The second-order valence-corrected chi connectivity index (χ2v) is 7.57. The van der Waals surface area contributed by atoms with Crippen LogP contribution in [0.1, 0.15) is 30.7 Å². The lowest BCUT2D eigenvalue weighted by Gasteiger charge is -2.43. The summed E-state index contributed by atoms with van der Waals surface area (Å²) < 4.78 is 5.54. The molecule has 1 atom stereocenters. The number of rotatable bonds is 5. The third kappa shape index (κ3) is 4.59. The number of carbonyl (C=O) groups excluding carboxylic acids is 1. The van der Waals surface area contributed by atoms with E-state index in [4.69, 9.17) is 4.74 Å². The molecule has 148 valence electrons. The zero-order valence-corrected chi connectivity index (χ0v) is 16.5. The van der Waals surface area contributed by atoms with Crippen molar-refractivity contribution in [3.05, 3.63) is 29.8 Å². The molecule has 1 unspecified atom stereocenters. The first-order chi connectivity index (χ1) is 13.0. The van der Waals surface area contributed by atoms with Gasteiger partial charge in [0.15, 0.2) is 5.96 Å². The Hall–Kier alpha value is -2.12. The SMILES string of the molecule is CN=C(NCC1CC(=O)Nc2ccccc21)NCC1(N(C)C)CCOCC1. The van der Waals surface area contributed by atoms with Crippen molar-refractivity contribution in [1.82, 2.24) is 15.5 Å². The molecule has 1 amide bonds. The predicted octanol–water partition coefficient (Wildman–Crippen LogP) is 1.39. The third-order valence-electron chi connectivity index (χ3n) is 5.80. The molecule has 27 heavy (non-hydrogen) atoms. The fourth-order valence-corrected chi connectivity index (χ4v) is 3.91. The topological polar surface area (TPSA) is 78.0 Å². The normalized spacial score (nSPS) is 22.1. The van der Waals surface area contributed by atoms with Gasteiger partial charge >= 0.3 is 0 Å². The molecule has 2 aliphatic rings. The number of benzene rings is 1. The van der Waals surface area contributed by atoms with E-state index in [-0.39, 0.29) is 17.4 Å². The first-order valence-corrected chi connectivity index (χ1v) is 9.62. The summed E-state index contributed by atoms with van der Waals surface area (Å²) in [5, 5.41) is 9.83. The van der Waals surface area contributed by atoms with E-state index in [1.807, 2.05) is 18.2 Å². The lowest BCUT2D eigenvalue weighted by molar-refractivity contribution is -0.116. The van der Waals surface area contributed by atoms with Crippen LogP contribution < -0.4 is 16.0 Å². The van der Waals surface area contributed by atoms with Crippen molar-refractivity contribution in [2.24, 2.45) is 4.99 Å². The number of fused-ring (bicyclic) bond motifs is 1. The summed E-state index contributed by atoms with van der Waals surface area (Å²) >= 11 is 0. The van der Waals surface area contributed by atoms with Crippen molar-refractivity contribution in [1.29, 1.82) is 0 Å². The molecule has 7 nitrogen and oxygen atoms in total. The fourth-order valence-electron chi connectivity index (χ4n) is 3.91. The molecule has 0 spiro atoms. The van der Waals surface area contributed by atoms with Gasteiger partial charge in [-0.05, 0) is 38.6 Å². The Morgan fingerprint density at radius 3 is 2.74 bits per heavy atom. The molecule has 2 heterocycles. The van der Waals surface area contributed by atoms with Crippen LogP contribution in [0.2, 0.25) is 0 Å². The highest BCUT2D eigenvalue weighted by atomic mass is 16.5. The Labute approximate surface area is 161 Å². The molecule has 0 radical (unpaired) electrons. The molecule has 2 aliphatic heterocycles. The largest absolute Gasteiger partial charge is 0.381 e. The zero-order valence-electron chi connectivity index (χ0n) is 16.5. The van der Waals surface area contributed by atoms with Crippen LogP contribution >= 0.6 is 0 Å². The van der Waals surface area contributed by atoms with Gasteiger partial charge in [-0.2, -0.15) is 0 Å². The van der Waals surface area contributed by atoms with Gasteiger partial charge in [-0.25, -0.2) is 0 Å². The third-order valence-corrected chi connectivity index (χ3v) is 5.80. The molecular weight excluding hydrogens is 342 g/mol. The van der Waals surface area contributed by atoms with Gasteiger partial charge in [0.1, 0.15) is 0 Å². The molecule has 0 bridgehead atoms. The van der Waals surface area contributed by atoms with E-state index in [1.165, 1.54) is 5.56 Å². The number of para-hydroxylation sites is 1. The fraction of sp³-hybridized carbons (Fsp3) is 0.600. The second kappa shape index (κ2) is 8.71. The maximum absolute atomic E-state index is 12.0. The number of anilines is 1. The minimum absolute atomic E-state index is 0.0669. The highest BCUT2D eigenvalue weighted by molar-refractivity contribution is 5.94. The number of aliphatic imine (C=N–C) groups is 1. The predicted molar refractivity (Wildman–Crippen MR) is 108 cm³/mol. The quantitative estimate of drug-likeness (QED) is 0.537. The lowest BCUT2D eigenvalue weighted by atomic mass is 9.88. The van der Waals surface area contributed by atoms with Gasteiger partial charge in [0.25, 0.3) is 0 Å². The number of hydrogen-bond donors (Lipinski definition) is 3. The molecule has 0 saturated carbocycles. The van der Waals surface area contributed by atoms with Gasteiger partial charge in [-0.3, -0.25) is 9.79 Å². The molecule has 7 heteroatoms. The standard InChI is InChI=1S/C20H31N5O2/c1-21-19(23-14-20(25(2)3)8-10-27-11-9-20)22-13-15-12-18(26)24-17-7-5-4-6-16(15)17/h4-7,15H,8-14H2,1-3H3,(H,24,26)(H2,21,22,23). The number of nitrogens with one attached hydrogen (secondary N) is 3. The first-order valence-electron chi connectivity index (χ1n) is 9.62. The maximum atomic E-state index is 12.0. The Balaban J connectivity index is 1.59. The summed E-state index contributed by atoms with van der Waals surface area (Å²) in [7, 11) is 6.03. The van der Waals surface area contributed by atoms with Crippen LogP contribution in [0.3, 0.4) is 0 Å². The Kier molecular flexibility index (Phi) is 6.34. The van der Waals surface area contributed by atoms with Crippen LogP contribution in [-0.2, 0) is 9.53 Å². The van der Waals surface area contributed by atoms with E-state index in [1.54, 1.807) is 7.05 Å². The van der Waals surface area contributed by atoms with Crippen LogP contribution in [0, 0.1) is 0 Å². The summed E-state index contributed by atoms with van der Waals surface area (Å²) in [5.41, 5.74) is 2.17. The second-order valence-electron chi connectivity index (χ2n) is 7.57. The van der Waals surface area contributed by atoms with Gasteiger partial charge in [0, 0.05) is 56.9 Å². The highest BCUT2D eigenvalue weighted by Crippen LogP contribution is 2.31. The van der Waals surface area contributed by atoms with Gasteiger partial charge in [-0.15, -0.1) is 0 Å². The molecule has 1 saturated heterocycles. The lowest BCUT2D eigenvalue weighted by Crippen LogP contribution is -2.57. The van der Waals surface area contributed by atoms with Gasteiger partial charge in [0.05, 0.1) is 0 Å². The average Bonchev–Trinajstić information content (AvgIpc) is 2.68. The highest BCUT2D eigenvalue weighted by Gasteiger charge is 2.35. The number of nitrogens with zero attached hydrogens (tertiary/aromatic N) is 2. The molecule has 0 aliphatic carbocycles. The van der Waals surface area contributed by atoms with Gasteiger partial charge in [-0.1, -0.05) is 18.2 Å². The smallest absolute Gasteiger partial charge is 0.225 e. The number of likely N-dealkylation sites (N-methyl/N-ethyl adjacent to an activating group) is 1. The molecule has 3 N–H and O–H groups in total. The Morgan fingerprint density at radius 2 is 2.04 bits per heavy atom. The van der Waals surface area contributed by atoms with E-state index in [0.29, 0.717) is 13.0 Å². The number of guanidine groups is 1. The van der Waals surface area contributed by atoms with Crippen LogP contribution in [0.15, 0.2) is 29.3 Å². The number of hydrogen-bond acceptors (Lipinski definition) is 4. The number of ether oxygens (including phenoxy) is 1. The maximum Gasteiger partial charge on any atom is 0.225 e. The number of amides is 1. The van der Waals surface area contributed by atoms with Crippen molar-refractivity contribution in [2.75, 3.05) is 52.8 Å². The van der Waals surface area contributed by atoms with Crippen LogP contribution in [-0.4, -0.2) is 69.8 Å². The van der Waals surface area contributed by atoms with E-state index in [9.17, 15) is 4.79 Å². The Morgan fingerprint density at radius 1 is 1.30 bits per heavy atom. The summed E-state index contributed by atoms with van der Waals surface area (Å²) in [4.78, 5) is 18.7. The molecular formula is C20H31N5O2. The number of carbonyl (C=O) groups is 1. The summed E-state index contributed by atoms with van der Waals surface area (Å²) in [6.45, 7) is 3.06. The van der Waals surface area contributed by atoms with E-state index >= 15 is 0 Å². The van der Waals surface area contributed by atoms with Crippen molar-refractivity contribution in [3.63, 3.8) is 0 Å². The van der Waals surface area contributed by atoms with E-state index in [0.717, 1.165) is 44.2 Å². The van der Waals surface area contributed by atoms with Crippen LogP contribution in [0.25, 0.3) is 0 Å². The molecule has 1 aromatic rings. The van der Waals surface area contributed by atoms with Crippen LogP contribution in [0.4, 0.5) is 5.69 Å². The minimum atomic E-state index is 0.0669. The van der Waals surface area contributed by atoms with Crippen molar-refractivity contribution >= 4 is 17.6 Å². The van der Waals surface area contributed by atoms with E-state index in [2.05, 4.69) is 46.0 Å². The average molecular weight is 374 g/mol. The summed E-state index contributed by atoms with van der Waals surface area (Å²) in [6.07, 6.45) is 2.49. The molecule has 1 aromatic carbocycles. The van der Waals surface area contributed by atoms with Gasteiger partial charge < -0.3 is 25.6 Å². The van der Waals surface area contributed by atoms with Crippen molar-refractivity contribution < 1.29 is 9.53 Å². The molecule has 3 rings (SSSR count). The van der Waals surface area contributed by atoms with Crippen LogP contribution in [0.5, 0.6) is 0 Å². The minimum Gasteiger partial charge on any atom is -0.381 e. The summed E-state index contributed by atoms with van der Waals surface area (Å²) in [5.74, 6) is 0.975. The summed E-state index contributed by atoms with van der Waals surface area (Å²) in [6, 6.07) is 8.01. The first kappa shape index (κ1) is 19.6. The molecule has 0 aromatic heterocycles.